The summed E-state index contributed by atoms with van der Waals surface area (Å²) in [6, 6.07) is 0.0573. The maximum absolute atomic E-state index is 10.0. The molecule has 2 N–H and O–H groups in total. The molecule has 4 atom stereocenters. The van der Waals surface area contributed by atoms with Crippen molar-refractivity contribution in [2.75, 3.05) is 13.2 Å². The minimum atomic E-state index is -0.488. The van der Waals surface area contributed by atoms with Crippen molar-refractivity contribution in [2.45, 2.75) is 57.8 Å². The van der Waals surface area contributed by atoms with Crippen molar-refractivity contribution in [1.29, 1.82) is 0 Å². The molecular formula is C15H28N4O2. The van der Waals surface area contributed by atoms with Gasteiger partial charge in [-0.05, 0) is 25.7 Å². The molecule has 1 saturated carbocycles. The Morgan fingerprint density at radius 2 is 2.33 bits per heavy atom. The summed E-state index contributed by atoms with van der Waals surface area (Å²) >= 11 is 0. The normalized spacial score (nSPS) is 25.7. The van der Waals surface area contributed by atoms with Crippen LogP contribution in [0.5, 0.6) is 0 Å². The van der Waals surface area contributed by atoms with Crippen LogP contribution in [-0.4, -0.2) is 45.2 Å². The van der Waals surface area contributed by atoms with Crippen molar-refractivity contribution in [2.24, 2.45) is 13.0 Å². The number of hydrogen-bond acceptors (Lipinski definition) is 5. The molecule has 0 saturated heterocycles. The number of hydrogen-bond donors (Lipinski definition) is 2. The fourth-order valence-corrected chi connectivity index (χ4v) is 2.92. The summed E-state index contributed by atoms with van der Waals surface area (Å²) in [6.45, 7) is 5.18. The average Bonchev–Trinajstić information content (AvgIpc) is 2.89. The Morgan fingerprint density at radius 3 is 3.00 bits per heavy atom. The Morgan fingerprint density at radius 1 is 1.52 bits per heavy atom. The van der Waals surface area contributed by atoms with E-state index in [0.29, 0.717) is 19.3 Å². The topological polar surface area (TPSA) is 72.2 Å². The van der Waals surface area contributed by atoms with E-state index in [1.807, 2.05) is 18.5 Å². The van der Waals surface area contributed by atoms with E-state index in [2.05, 4.69) is 22.4 Å². The van der Waals surface area contributed by atoms with Crippen LogP contribution < -0.4 is 5.32 Å². The molecule has 6 nitrogen and oxygen atoms in total. The highest BCUT2D eigenvalue weighted by Gasteiger charge is 2.20. The second-order valence-corrected chi connectivity index (χ2v) is 6.31. The van der Waals surface area contributed by atoms with Crippen LogP contribution >= 0.6 is 0 Å². The summed E-state index contributed by atoms with van der Waals surface area (Å²) in [5.74, 6) is 1.61. The number of aliphatic hydroxyl groups excluding tert-OH is 1. The minimum absolute atomic E-state index is 0.0573. The van der Waals surface area contributed by atoms with E-state index in [9.17, 15) is 5.11 Å². The SMILES string of the molecule is CC1CCCC(OCC(O)CNC(C)c2nncn2C)C1. The van der Waals surface area contributed by atoms with E-state index >= 15 is 0 Å². The van der Waals surface area contributed by atoms with Gasteiger partial charge in [0.1, 0.15) is 12.2 Å². The summed E-state index contributed by atoms with van der Waals surface area (Å²) in [7, 11) is 1.91. The second-order valence-electron chi connectivity index (χ2n) is 6.31. The van der Waals surface area contributed by atoms with Crippen molar-refractivity contribution in [3.8, 4) is 0 Å². The van der Waals surface area contributed by atoms with Crippen LogP contribution in [0.25, 0.3) is 0 Å². The number of nitrogens with one attached hydrogen (secondary N) is 1. The summed E-state index contributed by atoms with van der Waals surface area (Å²) < 4.78 is 7.72. The second kappa shape index (κ2) is 7.87. The average molecular weight is 296 g/mol. The first-order chi connectivity index (χ1) is 10.1. The van der Waals surface area contributed by atoms with Gasteiger partial charge in [-0.2, -0.15) is 0 Å². The maximum Gasteiger partial charge on any atom is 0.149 e. The van der Waals surface area contributed by atoms with Crippen LogP contribution in [0.2, 0.25) is 0 Å². The van der Waals surface area contributed by atoms with Gasteiger partial charge in [-0.1, -0.05) is 19.8 Å². The Hall–Kier alpha value is -0.980. The predicted molar refractivity (Wildman–Crippen MR) is 80.8 cm³/mol. The number of aromatic nitrogens is 3. The molecule has 1 aliphatic rings. The summed E-state index contributed by atoms with van der Waals surface area (Å²) in [4.78, 5) is 0. The lowest BCUT2D eigenvalue weighted by atomic mass is 9.89. The van der Waals surface area contributed by atoms with Crippen LogP contribution in [0.3, 0.4) is 0 Å². The number of nitrogens with zero attached hydrogens (tertiary/aromatic N) is 3. The summed E-state index contributed by atoms with van der Waals surface area (Å²) in [5.41, 5.74) is 0. The lowest BCUT2D eigenvalue weighted by molar-refractivity contribution is -0.0311. The molecule has 120 valence electrons. The first-order valence-corrected chi connectivity index (χ1v) is 7.93. The predicted octanol–water partition coefficient (Wildman–Crippen LogP) is 1.42. The third-order valence-electron chi connectivity index (χ3n) is 4.21. The first kappa shape index (κ1) is 16.4. The van der Waals surface area contributed by atoms with Crippen molar-refractivity contribution >= 4 is 0 Å². The maximum atomic E-state index is 10.0. The first-order valence-electron chi connectivity index (χ1n) is 7.93. The quantitative estimate of drug-likeness (QED) is 0.796. The number of aryl methyl sites for hydroxylation is 1. The highest BCUT2D eigenvalue weighted by Crippen LogP contribution is 2.25. The molecule has 2 rings (SSSR count). The highest BCUT2D eigenvalue weighted by molar-refractivity contribution is 4.92. The van der Waals surface area contributed by atoms with Gasteiger partial charge in [0.25, 0.3) is 0 Å². The summed E-state index contributed by atoms with van der Waals surface area (Å²) in [6.07, 6.45) is 6.30. The molecule has 0 spiro atoms. The van der Waals surface area contributed by atoms with Crippen LogP contribution in [-0.2, 0) is 11.8 Å². The van der Waals surface area contributed by atoms with Crippen molar-refractivity contribution in [1.82, 2.24) is 20.1 Å². The van der Waals surface area contributed by atoms with Crippen molar-refractivity contribution in [3.63, 3.8) is 0 Å². The van der Waals surface area contributed by atoms with E-state index in [4.69, 9.17) is 4.74 Å². The number of ether oxygens (including phenoxy) is 1. The Kier molecular flexibility index (Phi) is 6.14. The van der Waals surface area contributed by atoms with E-state index in [0.717, 1.165) is 24.6 Å². The standard InChI is InChI=1S/C15H28N4O2/c1-11-5-4-6-14(7-11)21-9-13(20)8-16-12(2)15-18-17-10-19(15)3/h10-14,16,20H,4-9H2,1-3H3. The van der Waals surface area contributed by atoms with E-state index in [-0.39, 0.29) is 6.04 Å². The summed E-state index contributed by atoms with van der Waals surface area (Å²) in [5, 5.41) is 21.2. The van der Waals surface area contributed by atoms with Gasteiger partial charge in [0, 0.05) is 13.6 Å². The molecule has 0 aliphatic heterocycles. The number of rotatable bonds is 7. The fraction of sp³-hybridized carbons (Fsp3) is 0.867. The Bertz CT molecular complexity index is 424. The van der Waals surface area contributed by atoms with Crippen LogP contribution in [0.1, 0.15) is 51.4 Å². The molecule has 1 heterocycles. The lowest BCUT2D eigenvalue weighted by Crippen LogP contribution is -2.35. The van der Waals surface area contributed by atoms with Gasteiger partial charge in [0.05, 0.1) is 24.9 Å². The van der Waals surface area contributed by atoms with E-state index in [1.165, 1.54) is 12.8 Å². The van der Waals surface area contributed by atoms with Crippen LogP contribution in [0, 0.1) is 5.92 Å². The zero-order valence-corrected chi connectivity index (χ0v) is 13.3. The van der Waals surface area contributed by atoms with E-state index in [1.54, 1.807) is 6.33 Å². The molecule has 6 heteroatoms. The zero-order valence-electron chi connectivity index (χ0n) is 13.3. The van der Waals surface area contributed by atoms with Crippen molar-refractivity contribution < 1.29 is 9.84 Å². The van der Waals surface area contributed by atoms with Gasteiger partial charge in [-0.3, -0.25) is 0 Å². The van der Waals surface area contributed by atoms with Gasteiger partial charge in [-0.15, -0.1) is 10.2 Å². The molecular weight excluding hydrogens is 268 g/mol. The Labute approximate surface area is 126 Å². The van der Waals surface area contributed by atoms with Gasteiger partial charge in [-0.25, -0.2) is 0 Å². The van der Waals surface area contributed by atoms with E-state index < -0.39 is 6.10 Å². The van der Waals surface area contributed by atoms with Crippen molar-refractivity contribution in [3.05, 3.63) is 12.2 Å². The monoisotopic (exact) mass is 296 g/mol. The third-order valence-corrected chi connectivity index (χ3v) is 4.21. The largest absolute Gasteiger partial charge is 0.389 e. The van der Waals surface area contributed by atoms with Gasteiger partial charge < -0.3 is 19.7 Å². The minimum Gasteiger partial charge on any atom is -0.389 e. The number of aliphatic hydroxyl groups is 1. The molecule has 4 unspecified atom stereocenters. The third kappa shape index (κ3) is 5.05. The van der Waals surface area contributed by atoms with Gasteiger partial charge in [0.15, 0.2) is 0 Å². The molecule has 0 bridgehead atoms. The van der Waals surface area contributed by atoms with Crippen LogP contribution in [0.4, 0.5) is 0 Å². The molecule has 1 aromatic rings. The molecule has 1 aromatic heterocycles. The molecule has 1 aliphatic carbocycles. The zero-order chi connectivity index (χ0) is 15.2. The molecule has 0 aromatic carbocycles. The van der Waals surface area contributed by atoms with Gasteiger partial charge >= 0.3 is 0 Å². The smallest absolute Gasteiger partial charge is 0.149 e. The molecule has 1 fully saturated rings. The molecule has 0 radical (unpaired) electrons. The molecule has 0 amide bonds. The Balaban J connectivity index is 1.65. The molecule has 21 heavy (non-hydrogen) atoms. The van der Waals surface area contributed by atoms with Crippen LogP contribution in [0.15, 0.2) is 6.33 Å². The highest BCUT2D eigenvalue weighted by atomic mass is 16.5. The fourth-order valence-electron chi connectivity index (χ4n) is 2.92. The van der Waals surface area contributed by atoms with Gasteiger partial charge in [0.2, 0.25) is 0 Å². The lowest BCUT2D eigenvalue weighted by Gasteiger charge is -2.27.